The van der Waals surface area contributed by atoms with E-state index >= 15 is 0 Å². The van der Waals surface area contributed by atoms with E-state index < -0.39 is 17.3 Å². The smallest absolute Gasteiger partial charge is 0.347 e. The van der Waals surface area contributed by atoms with E-state index in [-0.39, 0.29) is 5.91 Å². The van der Waals surface area contributed by atoms with E-state index in [1.165, 1.54) is 30.6 Å². The maximum absolute atomic E-state index is 12.5. The van der Waals surface area contributed by atoms with Gasteiger partial charge in [-0.25, -0.2) is 0 Å². The van der Waals surface area contributed by atoms with Crippen molar-refractivity contribution < 1.29 is 18.0 Å². The molecule has 1 aromatic heterocycles. The SMILES string of the molecule is CC(C)(Cc1ccc(C(F)(F)F)cc1)NC(=O)c1ccnnc1. The summed E-state index contributed by atoms with van der Waals surface area (Å²) >= 11 is 0. The van der Waals surface area contributed by atoms with Crippen molar-refractivity contribution in [2.45, 2.75) is 32.0 Å². The Kier molecular flexibility index (Phi) is 4.68. The number of rotatable bonds is 4. The summed E-state index contributed by atoms with van der Waals surface area (Å²) in [6.45, 7) is 3.61. The number of alkyl halides is 3. The lowest BCUT2D eigenvalue weighted by Crippen LogP contribution is -2.45. The van der Waals surface area contributed by atoms with Gasteiger partial charge >= 0.3 is 6.18 Å². The lowest BCUT2D eigenvalue weighted by atomic mass is 9.94. The van der Waals surface area contributed by atoms with E-state index in [0.717, 1.165) is 12.1 Å². The summed E-state index contributed by atoms with van der Waals surface area (Å²) in [7, 11) is 0. The highest BCUT2D eigenvalue weighted by Gasteiger charge is 2.30. The van der Waals surface area contributed by atoms with Crippen molar-refractivity contribution in [2.24, 2.45) is 0 Å². The Morgan fingerprint density at radius 1 is 1.09 bits per heavy atom. The Bertz CT molecular complexity index is 667. The minimum atomic E-state index is -4.35. The normalized spacial score (nSPS) is 12.0. The van der Waals surface area contributed by atoms with Gasteiger partial charge in [0, 0.05) is 5.54 Å². The molecule has 1 heterocycles. The third-order valence-electron chi connectivity index (χ3n) is 3.23. The van der Waals surface area contributed by atoms with Crippen LogP contribution in [0, 0.1) is 0 Å². The van der Waals surface area contributed by atoms with Gasteiger partial charge in [-0.3, -0.25) is 4.79 Å². The van der Waals surface area contributed by atoms with Crippen LogP contribution in [0.2, 0.25) is 0 Å². The molecule has 0 saturated heterocycles. The van der Waals surface area contributed by atoms with Crippen molar-refractivity contribution in [3.8, 4) is 0 Å². The molecule has 4 nitrogen and oxygen atoms in total. The van der Waals surface area contributed by atoms with Crippen molar-refractivity contribution in [3.63, 3.8) is 0 Å². The predicted octanol–water partition coefficient (Wildman–Crippen LogP) is 3.25. The zero-order valence-electron chi connectivity index (χ0n) is 12.7. The van der Waals surface area contributed by atoms with Crippen molar-refractivity contribution >= 4 is 5.91 Å². The van der Waals surface area contributed by atoms with Crippen LogP contribution in [0.1, 0.15) is 35.3 Å². The average molecular weight is 323 g/mol. The summed E-state index contributed by atoms with van der Waals surface area (Å²) in [5, 5.41) is 10.1. The van der Waals surface area contributed by atoms with Gasteiger partial charge in [-0.2, -0.15) is 23.4 Å². The fourth-order valence-corrected chi connectivity index (χ4v) is 2.17. The molecule has 23 heavy (non-hydrogen) atoms. The molecule has 1 aromatic carbocycles. The summed E-state index contributed by atoms with van der Waals surface area (Å²) in [4.78, 5) is 12.1. The number of nitrogens with one attached hydrogen (secondary N) is 1. The molecule has 2 aromatic rings. The van der Waals surface area contributed by atoms with Gasteiger partial charge in [0.25, 0.3) is 5.91 Å². The van der Waals surface area contributed by atoms with E-state index in [9.17, 15) is 18.0 Å². The molecule has 2 rings (SSSR count). The molecule has 0 radical (unpaired) electrons. The quantitative estimate of drug-likeness (QED) is 0.940. The second kappa shape index (κ2) is 6.36. The largest absolute Gasteiger partial charge is 0.416 e. The van der Waals surface area contributed by atoms with Crippen LogP contribution < -0.4 is 5.32 Å². The molecule has 0 bridgehead atoms. The van der Waals surface area contributed by atoms with Gasteiger partial charge in [0.15, 0.2) is 0 Å². The fourth-order valence-electron chi connectivity index (χ4n) is 2.17. The molecule has 0 aliphatic rings. The second-order valence-electron chi connectivity index (χ2n) is 5.84. The molecule has 0 atom stereocenters. The number of nitrogens with zero attached hydrogens (tertiary/aromatic N) is 2. The van der Waals surface area contributed by atoms with Crippen LogP contribution >= 0.6 is 0 Å². The summed E-state index contributed by atoms with van der Waals surface area (Å²) < 4.78 is 37.6. The van der Waals surface area contributed by atoms with Gasteiger partial charge in [0.05, 0.1) is 23.5 Å². The molecule has 0 spiro atoms. The minimum Gasteiger partial charge on any atom is -0.347 e. The van der Waals surface area contributed by atoms with Crippen LogP contribution in [0.5, 0.6) is 0 Å². The Hall–Kier alpha value is -2.44. The number of benzene rings is 1. The van der Waals surface area contributed by atoms with E-state index in [4.69, 9.17) is 0 Å². The van der Waals surface area contributed by atoms with E-state index in [1.54, 1.807) is 13.8 Å². The molecular formula is C16H16F3N3O. The maximum Gasteiger partial charge on any atom is 0.416 e. The van der Waals surface area contributed by atoms with Crippen molar-refractivity contribution in [1.82, 2.24) is 15.5 Å². The molecule has 0 fully saturated rings. The molecule has 0 aliphatic carbocycles. The number of carbonyl (C=O) groups is 1. The Labute approximate surface area is 131 Å². The lowest BCUT2D eigenvalue weighted by Gasteiger charge is -2.26. The van der Waals surface area contributed by atoms with E-state index in [0.29, 0.717) is 17.5 Å². The molecule has 0 saturated carbocycles. The molecule has 0 aliphatic heterocycles. The Morgan fingerprint density at radius 3 is 2.26 bits per heavy atom. The van der Waals surface area contributed by atoms with Crippen LogP contribution in [0.15, 0.2) is 42.7 Å². The topological polar surface area (TPSA) is 54.9 Å². The van der Waals surface area contributed by atoms with Gasteiger partial charge < -0.3 is 5.32 Å². The van der Waals surface area contributed by atoms with Crippen LogP contribution in [0.25, 0.3) is 0 Å². The number of hydrogen-bond donors (Lipinski definition) is 1. The van der Waals surface area contributed by atoms with Gasteiger partial charge in [0.2, 0.25) is 0 Å². The summed E-state index contributed by atoms with van der Waals surface area (Å²) in [6, 6.07) is 6.46. The standard InChI is InChI=1S/C16H16F3N3O/c1-15(2,22-14(23)12-7-8-20-21-10-12)9-11-3-5-13(6-4-11)16(17,18)19/h3-8,10H,9H2,1-2H3,(H,22,23). The van der Waals surface area contributed by atoms with Crippen molar-refractivity contribution in [2.75, 3.05) is 0 Å². The van der Waals surface area contributed by atoms with Crippen LogP contribution in [-0.4, -0.2) is 21.6 Å². The number of carbonyl (C=O) groups excluding carboxylic acids is 1. The van der Waals surface area contributed by atoms with Crippen LogP contribution in [0.3, 0.4) is 0 Å². The Morgan fingerprint density at radius 2 is 1.74 bits per heavy atom. The zero-order valence-corrected chi connectivity index (χ0v) is 12.7. The molecule has 7 heteroatoms. The van der Waals surface area contributed by atoms with Crippen LogP contribution in [0.4, 0.5) is 13.2 Å². The third-order valence-corrected chi connectivity index (χ3v) is 3.23. The first-order chi connectivity index (χ1) is 10.7. The second-order valence-corrected chi connectivity index (χ2v) is 5.84. The summed E-state index contributed by atoms with van der Waals surface area (Å²) in [6.07, 6.45) is -1.19. The fraction of sp³-hybridized carbons (Fsp3) is 0.312. The van der Waals surface area contributed by atoms with Gasteiger partial charge in [-0.05, 0) is 44.0 Å². The predicted molar refractivity (Wildman–Crippen MR) is 78.7 cm³/mol. The Balaban J connectivity index is 2.05. The van der Waals surface area contributed by atoms with Gasteiger partial charge in [0.1, 0.15) is 0 Å². The first-order valence-electron chi connectivity index (χ1n) is 6.93. The highest BCUT2D eigenvalue weighted by Crippen LogP contribution is 2.29. The average Bonchev–Trinajstić information content (AvgIpc) is 2.46. The minimum absolute atomic E-state index is 0.309. The molecule has 0 unspecified atom stereocenters. The maximum atomic E-state index is 12.5. The zero-order chi connectivity index (χ0) is 17.1. The first kappa shape index (κ1) is 16.9. The lowest BCUT2D eigenvalue weighted by molar-refractivity contribution is -0.137. The van der Waals surface area contributed by atoms with E-state index in [2.05, 4.69) is 15.5 Å². The molecule has 1 N–H and O–H groups in total. The molecule has 122 valence electrons. The molecule has 1 amide bonds. The number of aromatic nitrogens is 2. The highest BCUT2D eigenvalue weighted by molar-refractivity contribution is 5.94. The first-order valence-corrected chi connectivity index (χ1v) is 6.93. The summed E-state index contributed by atoms with van der Waals surface area (Å²) in [5.74, 6) is -0.309. The van der Waals surface area contributed by atoms with Crippen molar-refractivity contribution in [3.05, 3.63) is 59.4 Å². The monoisotopic (exact) mass is 323 g/mol. The molecular weight excluding hydrogens is 307 g/mol. The number of halogens is 3. The number of amides is 1. The summed E-state index contributed by atoms with van der Waals surface area (Å²) in [5.41, 5.74) is -0.234. The van der Waals surface area contributed by atoms with Crippen LogP contribution in [-0.2, 0) is 12.6 Å². The van der Waals surface area contributed by atoms with E-state index in [1.807, 2.05) is 0 Å². The van der Waals surface area contributed by atoms with Crippen molar-refractivity contribution in [1.29, 1.82) is 0 Å². The van der Waals surface area contributed by atoms with Gasteiger partial charge in [-0.1, -0.05) is 12.1 Å². The number of hydrogen-bond acceptors (Lipinski definition) is 3. The highest BCUT2D eigenvalue weighted by atomic mass is 19.4. The third kappa shape index (κ3) is 4.77. The van der Waals surface area contributed by atoms with Gasteiger partial charge in [-0.15, -0.1) is 0 Å².